The van der Waals surface area contributed by atoms with Gasteiger partial charge in [-0.2, -0.15) is 0 Å². The third kappa shape index (κ3) is 3.36. The number of aromatic nitrogens is 2. The molecule has 2 heterocycles. The zero-order valence-corrected chi connectivity index (χ0v) is 14.4. The summed E-state index contributed by atoms with van der Waals surface area (Å²) in [6, 6.07) is 11.1. The summed E-state index contributed by atoms with van der Waals surface area (Å²) < 4.78 is 25.6. The molecular weight excluding hydrogens is 354 g/mol. The van der Waals surface area contributed by atoms with Crippen LogP contribution in [-0.2, 0) is 9.84 Å². The lowest BCUT2D eigenvalue weighted by atomic mass is 10.4. The Morgan fingerprint density at radius 1 is 1.13 bits per heavy atom. The summed E-state index contributed by atoms with van der Waals surface area (Å²) in [5.41, 5.74) is 0. The summed E-state index contributed by atoms with van der Waals surface area (Å²) >= 11 is 7.32. The van der Waals surface area contributed by atoms with Crippen molar-refractivity contribution in [1.82, 2.24) is 9.97 Å². The minimum Gasteiger partial charge on any atom is -0.315 e. The van der Waals surface area contributed by atoms with Gasteiger partial charge in [-0.25, -0.2) is 18.4 Å². The zero-order valence-electron chi connectivity index (χ0n) is 12.0. The molecule has 0 saturated carbocycles. The molecule has 0 unspecified atom stereocenters. The van der Waals surface area contributed by atoms with Gasteiger partial charge in [0.05, 0.1) is 4.90 Å². The number of nitrogens with zero attached hydrogens (tertiary/aromatic N) is 2. The van der Waals surface area contributed by atoms with Gasteiger partial charge in [0.2, 0.25) is 9.84 Å². The maximum atomic E-state index is 12.8. The average molecular weight is 366 g/mol. The number of halogens is 1. The molecule has 0 spiro atoms. The number of anilines is 2. The minimum absolute atomic E-state index is 0.0564. The molecule has 0 aliphatic heterocycles. The van der Waals surface area contributed by atoms with Gasteiger partial charge in [-0.15, -0.1) is 11.3 Å². The molecular formula is C15H12ClN3O2S2. The molecule has 0 radical (unpaired) electrons. The van der Waals surface area contributed by atoms with Crippen molar-refractivity contribution in [3.63, 3.8) is 0 Å². The van der Waals surface area contributed by atoms with Crippen LogP contribution in [0.2, 0.25) is 5.15 Å². The highest BCUT2D eigenvalue weighted by Gasteiger charge is 2.23. The number of pyridine rings is 1. The Labute approximate surface area is 142 Å². The van der Waals surface area contributed by atoms with Crippen molar-refractivity contribution < 1.29 is 8.42 Å². The number of rotatable bonds is 4. The highest BCUT2D eigenvalue weighted by Crippen LogP contribution is 2.30. The first-order valence-corrected chi connectivity index (χ1v) is 9.31. The third-order valence-corrected chi connectivity index (χ3v) is 5.85. The molecule has 2 aromatic heterocycles. The van der Waals surface area contributed by atoms with E-state index in [0.29, 0.717) is 5.13 Å². The standard InChI is InChI=1S/C15H12ClN3O2S2/c1-10-9-17-15(22-10)19-14-12(7-8-13(16)18-14)23(20,21)11-5-3-2-4-6-11/h2-9H,1H3,(H,17,18,19). The Morgan fingerprint density at radius 2 is 1.87 bits per heavy atom. The van der Waals surface area contributed by atoms with Gasteiger partial charge in [0, 0.05) is 11.1 Å². The van der Waals surface area contributed by atoms with Crippen LogP contribution in [0.15, 0.2) is 58.5 Å². The van der Waals surface area contributed by atoms with Crippen molar-refractivity contribution in [2.45, 2.75) is 16.7 Å². The molecule has 3 rings (SSSR count). The van der Waals surface area contributed by atoms with E-state index >= 15 is 0 Å². The molecule has 5 nitrogen and oxygen atoms in total. The highest BCUT2D eigenvalue weighted by molar-refractivity contribution is 7.91. The first-order valence-electron chi connectivity index (χ1n) is 6.63. The van der Waals surface area contributed by atoms with E-state index in [1.165, 1.54) is 23.5 Å². The predicted octanol–water partition coefficient (Wildman–Crippen LogP) is 4.08. The van der Waals surface area contributed by atoms with Gasteiger partial charge < -0.3 is 5.32 Å². The molecule has 0 saturated heterocycles. The van der Waals surface area contributed by atoms with E-state index in [0.717, 1.165) is 4.88 Å². The van der Waals surface area contributed by atoms with Crippen LogP contribution in [-0.4, -0.2) is 18.4 Å². The Morgan fingerprint density at radius 3 is 2.52 bits per heavy atom. The molecule has 1 N–H and O–H groups in total. The van der Waals surface area contributed by atoms with Crippen molar-refractivity contribution in [3.05, 3.63) is 58.7 Å². The van der Waals surface area contributed by atoms with Gasteiger partial charge >= 0.3 is 0 Å². The maximum Gasteiger partial charge on any atom is 0.210 e. The first-order chi connectivity index (χ1) is 11.0. The summed E-state index contributed by atoms with van der Waals surface area (Å²) in [4.78, 5) is 9.53. The van der Waals surface area contributed by atoms with Gasteiger partial charge in [-0.05, 0) is 31.2 Å². The predicted molar refractivity (Wildman–Crippen MR) is 91.3 cm³/mol. The topological polar surface area (TPSA) is 72.0 Å². The van der Waals surface area contributed by atoms with Crippen LogP contribution in [0.1, 0.15) is 4.88 Å². The lowest BCUT2D eigenvalue weighted by molar-refractivity contribution is 0.596. The zero-order chi connectivity index (χ0) is 16.4. The van der Waals surface area contributed by atoms with E-state index < -0.39 is 9.84 Å². The Bertz CT molecular complexity index is 940. The van der Waals surface area contributed by atoms with Gasteiger partial charge in [-0.3, -0.25) is 0 Å². The fourth-order valence-electron chi connectivity index (χ4n) is 1.97. The van der Waals surface area contributed by atoms with Gasteiger partial charge in [-0.1, -0.05) is 29.8 Å². The van der Waals surface area contributed by atoms with E-state index in [1.54, 1.807) is 36.5 Å². The first kappa shape index (κ1) is 15.9. The van der Waals surface area contributed by atoms with Crippen molar-refractivity contribution in [1.29, 1.82) is 0 Å². The SMILES string of the molecule is Cc1cnc(Nc2nc(Cl)ccc2S(=O)(=O)c2ccccc2)s1. The van der Waals surface area contributed by atoms with Crippen molar-refractivity contribution in [2.24, 2.45) is 0 Å². The van der Waals surface area contributed by atoms with Crippen LogP contribution < -0.4 is 5.32 Å². The van der Waals surface area contributed by atoms with Crippen LogP contribution >= 0.6 is 22.9 Å². The van der Waals surface area contributed by atoms with Crippen LogP contribution in [0.25, 0.3) is 0 Å². The Kier molecular flexibility index (Phi) is 4.34. The summed E-state index contributed by atoms with van der Waals surface area (Å²) in [5, 5.41) is 3.70. The van der Waals surface area contributed by atoms with Crippen LogP contribution in [0.5, 0.6) is 0 Å². The van der Waals surface area contributed by atoms with Crippen LogP contribution in [0.3, 0.4) is 0 Å². The molecule has 3 aromatic rings. The van der Waals surface area contributed by atoms with E-state index in [9.17, 15) is 8.42 Å². The molecule has 0 bridgehead atoms. The lowest BCUT2D eigenvalue weighted by Gasteiger charge is -2.10. The highest BCUT2D eigenvalue weighted by atomic mass is 35.5. The number of hydrogen-bond donors (Lipinski definition) is 1. The smallest absolute Gasteiger partial charge is 0.210 e. The van der Waals surface area contributed by atoms with E-state index in [-0.39, 0.29) is 20.8 Å². The molecule has 0 amide bonds. The molecule has 23 heavy (non-hydrogen) atoms. The van der Waals surface area contributed by atoms with E-state index in [2.05, 4.69) is 15.3 Å². The van der Waals surface area contributed by atoms with Crippen molar-refractivity contribution >= 4 is 43.7 Å². The van der Waals surface area contributed by atoms with Gasteiger partial charge in [0.1, 0.15) is 10.0 Å². The second kappa shape index (κ2) is 6.27. The number of nitrogens with one attached hydrogen (secondary N) is 1. The normalized spacial score (nSPS) is 11.4. The van der Waals surface area contributed by atoms with E-state index in [4.69, 9.17) is 11.6 Å². The number of sulfone groups is 1. The quantitative estimate of drug-likeness (QED) is 0.705. The van der Waals surface area contributed by atoms with E-state index in [1.807, 2.05) is 6.92 Å². The molecule has 8 heteroatoms. The fourth-order valence-corrected chi connectivity index (χ4v) is 4.15. The number of benzene rings is 1. The summed E-state index contributed by atoms with van der Waals surface area (Å²) in [6.45, 7) is 1.91. The minimum atomic E-state index is -3.71. The second-order valence-electron chi connectivity index (χ2n) is 4.70. The molecule has 1 aromatic carbocycles. The van der Waals surface area contributed by atoms with Gasteiger partial charge in [0.25, 0.3) is 0 Å². The van der Waals surface area contributed by atoms with Crippen LogP contribution in [0, 0.1) is 6.92 Å². The molecule has 0 aliphatic carbocycles. The van der Waals surface area contributed by atoms with Crippen LogP contribution in [0.4, 0.5) is 10.9 Å². The fraction of sp³-hybridized carbons (Fsp3) is 0.0667. The Balaban J connectivity index is 2.09. The Hall–Kier alpha value is -1.96. The molecule has 0 atom stereocenters. The van der Waals surface area contributed by atoms with Gasteiger partial charge in [0.15, 0.2) is 10.9 Å². The number of aryl methyl sites for hydroxylation is 1. The largest absolute Gasteiger partial charge is 0.315 e. The molecule has 118 valence electrons. The monoisotopic (exact) mass is 365 g/mol. The summed E-state index contributed by atoms with van der Waals surface area (Å²) in [5.74, 6) is 0.163. The summed E-state index contributed by atoms with van der Waals surface area (Å²) in [6.07, 6.45) is 1.70. The summed E-state index contributed by atoms with van der Waals surface area (Å²) in [7, 11) is -3.71. The third-order valence-electron chi connectivity index (χ3n) is 3.01. The van der Waals surface area contributed by atoms with Crippen molar-refractivity contribution in [2.75, 3.05) is 5.32 Å². The average Bonchev–Trinajstić information content (AvgIpc) is 2.93. The second-order valence-corrected chi connectivity index (χ2v) is 8.24. The lowest BCUT2D eigenvalue weighted by Crippen LogP contribution is -2.07. The molecule has 0 fully saturated rings. The van der Waals surface area contributed by atoms with Crippen molar-refractivity contribution in [3.8, 4) is 0 Å². The maximum absolute atomic E-state index is 12.8. The number of hydrogen-bond acceptors (Lipinski definition) is 6. The number of thiazole rings is 1. The molecule has 0 aliphatic rings.